The second-order valence-corrected chi connectivity index (χ2v) is 13.3. The summed E-state index contributed by atoms with van der Waals surface area (Å²) in [5.74, 6) is 0.0868. The highest BCUT2D eigenvalue weighted by molar-refractivity contribution is 8.00. The van der Waals surface area contributed by atoms with Crippen molar-refractivity contribution in [3.63, 3.8) is 0 Å². The predicted octanol–water partition coefficient (Wildman–Crippen LogP) is -1.91. The fraction of sp³-hybridized carbons (Fsp3) is 0.667. The number of fused-ring (bicyclic) bond motifs is 1. The number of nitrogens with one attached hydrogen (secondary N) is 5. The van der Waals surface area contributed by atoms with Gasteiger partial charge in [-0.05, 0) is 25.7 Å². The van der Waals surface area contributed by atoms with Crippen molar-refractivity contribution >= 4 is 47.7 Å². The minimum Gasteiger partial charge on any atom is -0.394 e. The van der Waals surface area contributed by atoms with Gasteiger partial charge in [0.05, 0.1) is 24.3 Å². The Balaban J connectivity index is 1.01. The molecule has 4 heterocycles. The van der Waals surface area contributed by atoms with Crippen molar-refractivity contribution < 1.29 is 39.2 Å². The molecule has 0 aliphatic carbocycles. The van der Waals surface area contributed by atoms with Crippen molar-refractivity contribution in [1.29, 1.82) is 0 Å². The first-order valence-electron chi connectivity index (χ1n) is 16.3. The molecular formula is C30H46N8O9S. The summed E-state index contributed by atoms with van der Waals surface area (Å²) >= 11 is 1.87. The SMILES string of the molecule is Nc1nc(=O)c(C2OC(CO)C(O)C2O)cn1C=CC(=O)NCCNC(=O)CCCCCNC(=O)CCCCC1SCC2NC(=O)NC21. The zero-order valence-corrected chi connectivity index (χ0v) is 27.5. The fourth-order valence-corrected chi connectivity index (χ4v) is 7.37. The monoisotopic (exact) mass is 694 g/mol. The number of thioether (sulfide) groups is 1. The highest BCUT2D eigenvalue weighted by Gasteiger charge is 2.44. The Morgan fingerprint density at radius 3 is 2.44 bits per heavy atom. The molecule has 0 saturated carbocycles. The minimum absolute atomic E-state index is 0.0254. The van der Waals surface area contributed by atoms with Gasteiger partial charge in [-0.15, -0.1) is 0 Å². The molecule has 7 atom stereocenters. The van der Waals surface area contributed by atoms with E-state index in [-0.39, 0.29) is 54.5 Å². The molecule has 1 aromatic heterocycles. The number of rotatable bonds is 18. The van der Waals surface area contributed by atoms with E-state index in [1.807, 2.05) is 11.8 Å². The van der Waals surface area contributed by atoms with Gasteiger partial charge in [-0.25, -0.2) is 4.79 Å². The van der Waals surface area contributed by atoms with Crippen LogP contribution in [0.5, 0.6) is 0 Å². The Hall–Kier alpha value is -3.71. The van der Waals surface area contributed by atoms with Crippen molar-refractivity contribution in [2.75, 3.05) is 37.7 Å². The van der Waals surface area contributed by atoms with Crippen LogP contribution in [0.25, 0.3) is 6.20 Å². The molecule has 18 heteroatoms. The first kappa shape index (κ1) is 37.1. The van der Waals surface area contributed by atoms with E-state index in [0.29, 0.717) is 31.1 Å². The van der Waals surface area contributed by atoms with Crippen molar-refractivity contribution in [1.82, 2.24) is 36.1 Å². The Kier molecular flexibility index (Phi) is 14.0. The van der Waals surface area contributed by atoms with Crippen molar-refractivity contribution in [3.8, 4) is 0 Å². The zero-order valence-electron chi connectivity index (χ0n) is 26.6. The van der Waals surface area contributed by atoms with Crippen LogP contribution >= 0.6 is 11.8 Å². The fourth-order valence-electron chi connectivity index (χ4n) is 5.83. The van der Waals surface area contributed by atoms with E-state index in [9.17, 15) is 39.3 Å². The quantitative estimate of drug-likeness (QED) is 0.0463. The van der Waals surface area contributed by atoms with E-state index < -0.39 is 42.5 Å². The number of aliphatic hydroxyl groups excluding tert-OH is 3. The molecule has 266 valence electrons. The third-order valence-electron chi connectivity index (χ3n) is 8.47. The minimum atomic E-state index is -1.47. The number of ether oxygens (including phenoxy) is 1. The van der Waals surface area contributed by atoms with Gasteiger partial charge in [0.15, 0.2) is 0 Å². The summed E-state index contributed by atoms with van der Waals surface area (Å²) in [6, 6.07) is 0.317. The number of aliphatic hydroxyl groups is 3. The number of amides is 5. The number of hydrogen-bond donors (Lipinski definition) is 9. The molecule has 3 fully saturated rings. The van der Waals surface area contributed by atoms with Gasteiger partial charge in [-0.1, -0.05) is 12.8 Å². The third-order valence-corrected chi connectivity index (χ3v) is 9.98. The standard InChI is InChI=1S/C30H46N8O9S/c31-29-37-28(45)17(27-26(44)25(43)19(15-39)47-27)14-38(29)13-9-23(42)34-12-11-33-22(41)7-2-1-5-10-32-21(40)8-4-3-6-20-24-18(16-48-20)35-30(46)36-24/h9,13-14,18-20,24-27,39,43-44H,1-8,10-12,15-16H2,(H,32,40)(H,33,41)(H,34,42)(H2,31,37,45)(H2,35,36,46). The summed E-state index contributed by atoms with van der Waals surface area (Å²) < 4.78 is 6.57. The molecule has 17 nitrogen and oxygen atoms in total. The second-order valence-electron chi connectivity index (χ2n) is 12.0. The molecule has 3 saturated heterocycles. The number of unbranched alkanes of at least 4 members (excludes halogenated alkanes) is 3. The molecule has 48 heavy (non-hydrogen) atoms. The van der Waals surface area contributed by atoms with Gasteiger partial charge in [-0.3, -0.25) is 23.7 Å². The molecule has 10 N–H and O–H groups in total. The number of nitrogens with two attached hydrogens (primary N) is 1. The lowest BCUT2D eigenvalue weighted by atomic mass is 10.0. The Labute approximate surface area is 281 Å². The first-order chi connectivity index (χ1) is 23.1. The zero-order chi connectivity index (χ0) is 34.6. The van der Waals surface area contributed by atoms with Crippen LogP contribution in [0.4, 0.5) is 10.7 Å². The van der Waals surface area contributed by atoms with E-state index >= 15 is 0 Å². The van der Waals surface area contributed by atoms with Gasteiger partial charge in [0.25, 0.3) is 5.56 Å². The highest BCUT2D eigenvalue weighted by Crippen LogP contribution is 2.33. The summed E-state index contributed by atoms with van der Waals surface area (Å²) in [7, 11) is 0. The van der Waals surface area contributed by atoms with Crippen LogP contribution in [0.1, 0.15) is 63.0 Å². The molecule has 5 amide bonds. The predicted molar refractivity (Wildman–Crippen MR) is 176 cm³/mol. The summed E-state index contributed by atoms with van der Waals surface area (Å²) in [5.41, 5.74) is 4.89. The molecule has 0 aromatic carbocycles. The van der Waals surface area contributed by atoms with Gasteiger partial charge >= 0.3 is 6.03 Å². The third kappa shape index (κ3) is 10.4. The average Bonchev–Trinajstić information content (AvgIpc) is 3.70. The van der Waals surface area contributed by atoms with Gasteiger partial charge in [0, 0.05) is 62.0 Å². The Morgan fingerprint density at radius 2 is 1.71 bits per heavy atom. The van der Waals surface area contributed by atoms with Crippen LogP contribution in [-0.4, -0.2) is 116 Å². The van der Waals surface area contributed by atoms with Gasteiger partial charge in [-0.2, -0.15) is 16.7 Å². The lowest BCUT2D eigenvalue weighted by Gasteiger charge is -2.16. The molecule has 3 aliphatic rings. The number of aromatic nitrogens is 2. The summed E-state index contributed by atoms with van der Waals surface area (Å²) in [6.45, 7) is 0.392. The lowest BCUT2D eigenvalue weighted by Crippen LogP contribution is -2.36. The number of carbonyl (C=O) groups is 4. The number of nitrogen functional groups attached to an aromatic ring is 1. The molecule has 0 spiro atoms. The number of urea groups is 1. The summed E-state index contributed by atoms with van der Waals surface area (Å²) in [6.07, 6.45) is 4.20. The molecule has 1 aromatic rings. The van der Waals surface area contributed by atoms with E-state index in [0.717, 1.165) is 43.9 Å². The largest absolute Gasteiger partial charge is 0.394 e. The Morgan fingerprint density at radius 1 is 1.00 bits per heavy atom. The number of nitrogens with zero attached hydrogens (tertiary/aromatic N) is 2. The van der Waals surface area contributed by atoms with Crippen LogP contribution in [0.2, 0.25) is 0 Å². The molecule has 3 aliphatic heterocycles. The van der Waals surface area contributed by atoms with Crippen LogP contribution in [0.15, 0.2) is 17.1 Å². The molecule has 4 rings (SSSR count). The van der Waals surface area contributed by atoms with E-state index in [4.69, 9.17) is 10.5 Å². The molecule has 0 bridgehead atoms. The van der Waals surface area contributed by atoms with Crippen LogP contribution in [-0.2, 0) is 19.1 Å². The first-order valence-corrected chi connectivity index (χ1v) is 17.3. The Bertz CT molecular complexity index is 1380. The highest BCUT2D eigenvalue weighted by atomic mass is 32.2. The van der Waals surface area contributed by atoms with E-state index in [1.165, 1.54) is 17.0 Å². The van der Waals surface area contributed by atoms with Crippen molar-refractivity contribution in [2.45, 2.75) is 93.1 Å². The normalized spacial score (nSPS) is 26.2. The number of anilines is 1. The van der Waals surface area contributed by atoms with Crippen LogP contribution < -0.4 is 37.9 Å². The van der Waals surface area contributed by atoms with Crippen molar-refractivity contribution in [3.05, 3.63) is 28.2 Å². The maximum atomic E-state index is 12.3. The van der Waals surface area contributed by atoms with Crippen LogP contribution in [0.3, 0.4) is 0 Å². The summed E-state index contributed by atoms with van der Waals surface area (Å²) in [4.78, 5) is 63.9. The lowest BCUT2D eigenvalue weighted by molar-refractivity contribution is -0.122. The maximum absolute atomic E-state index is 12.3. The van der Waals surface area contributed by atoms with Gasteiger partial charge in [0.1, 0.15) is 24.4 Å². The van der Waals surface area contributed by atoms with Gasteiger partial charge in [0.2, 0.25) is 23.7 Å². The molecule has 0 radical (unpaired) electrons. The second kappa shape index (κ2) is 18.2. The smallest absolute Gasteiger partial charge is 0.315 e. The average molecular weight is 695 g/mol. The van der Waals surface area contributed by atoms with E-state index in [2.05, 4.69) is 31.6 Å². The molecular weight excluding hydrogens is 648 g/mol. The maximum Gasteiger partial charge on any atom is 0.315 e. The van der Waals surface area contributed by atoms with Crippen molar-refractivity contribution in [2.24, 2.45) is 0 Å². The topological polar surface area (TPSA) is 259 Å². The molecule has 7 unspecified atom stereocenters. The van der Waals surface area contributed by atoms with Gasteiger partial charge < -0.3 is 52.4 Å². The van der Waals surface area contributed by atoms with E-state index in [1.54, 1.807) is 0 Å². The summed E-state index contributed by atoms with van der Waals surface area (Å²) in [5, 5.41) is 44.1. The number of hydrogen-bond acceptors (Lipinski definition) is 12. The van der Waals surface area contributed by atoms with Crippen LogP contribution in [0, 0.1) is 0 Å². The number of carbonyl (C=O) groups excluding carboxylic acids is 4.